The molecule has 1 aromatic carbocycles. The third-order valence-corrected chi connectivity index (χ3v) is 6.91. The highest BCUT2D eigenvalue weighted by atomic mass is 32.1. The van der Waals surface area contributed by atoms with E-state index in [1.807, 2.05) is 44.2 Å². The molecule has 0 radical (unpaired) electrons. The van der Waals surface area contributed by atoms with Gasteiger partial charge in [0.1, 0.15) is 9.71 Å². The van der Waals surface area contributed by atoms with Gasteiger partial charge in [-0.05, 0) is 43.5 Å². The molecule has 9 heteroatoms. The topological polar surface area (TPSA) is 103 Å². The Bertz CT molecular complexity index is 1240. The molecule has 3 N–H and O–H groups in total. The fourth-order valence-electron chi connectivity index (χ4n) is 4.36. The van der Waals surface area contributed by atoms with Crippen molar-refractivity contribution in [2.45, 2.75) is 45.2 Å². The van der Waals surface area contributed by atoms with Gasteiger partial charge in [0.15, 0.2) is 0 Å². The molecule has 0 bridgehead atoms. The number of carbonyl (C=O) groups is 3. The lowest BCUT2D eigenvalue weighted by Gasteiger charge is -2.28. The maximum atomic E-state index is 13.2. The molecule has 3 heterocycles. The number of hydrogen-bond donors (Lipinski definition) is 3. The first-order chi connectivity index (χ1) is 16.6. The first kappa shape index (κ1) is 23.4. The van der Waals surface area contributed by atoms with E-state index in [1.165, 1.54) is 17.4 Å². The zero-order valence-corrected chi connectivity index (χ0v) is 19.9. The maximum absolute atomic E-state index is 13.2. The molecule has 2 atom stereocenters. The van der Waals surface area contributed by atoms with Gasteiger partial charge in [-0.3, -0.25) is 14.5 Å². The summed E-state index contributed by atoms with van der Waals surface area (Å²) in [6.45, 7) is 7.48. The maximum Gasteiger partial charge on any atom is 0.331 e. The second-order valence-corrected chi connectivity index (χ2v) is 8.75. The summed E-state index contributed by atoms with van der Waals surface area (Å²) in [6.07, 6.45) is 5.34. The minimum atomic E-state index is -0.333. The lowest BCUT2D eigenvalue weighted by atomic mass is 10.1. The molecule has 1 aliphatic carbocycles. The van der Waals surface area contributed by atoms with Gasteiger partial charge in [0.05, 0.1) is 22.4 Å². The molecule has 2 unspecified atom stereocenters. The van der Waals surface area contributed by atoms with E-state index in [2.05, 4.69) is 27.5 Å². The molecule has 34 heavy (non-hydrogen) atoms. The van der Waals surface area contributed by atoms with Crippen molar-refractivity contribution >= 4 is 56.5 Å². The minimum Gasteiger partial charge on any atom is -0.348 e. The van der Waals surface area contributed by atoms with Crippen molar-refractivity contribution in [3.63, 3.8) is 0 Å². The SMILES string of the molecule is C=CC(=O)NC1CCCC1NC(=O)c1sc2nccc3c2c1NC(=O)N3c1ccccc1.CC. The number of hydrogen-bond acceptors (Lipinski definition) is 5. The fraction of sp³-hybridized carbons (Fsp3) is 0.280. The molecule has 5 rings (SSSR count). The molecule has 2 aromatic heterocycles. The monoisotopic (exact) mass is 477 g/mol. The van der Waals surface area contributed by atoms with Crippen LogP contribution in [0.1, 0.15) is 42.8 Å². The zero-order chi connectivity index (χ0) is 24.2. The molecular weight excluding hydrogens is 450 g/mol. The third-order valence-electron chi connectivity index (χ3n) is 5.81. The zero-order valence-electron chi connectivity index (χ0n) is 19.1. The number of rotatable bonds is 5. The Labute approximate surface area is 202 Å². The van der Waals surface area contributed by atoms with Crippen LogP contribution in [0, 0.1) is 0 Å². The number of nitrogens with zero attached hydrogens (tertiary/aromatic N) is 2. The third kappa shape index (κ3) is 4.26. The summed E-state index contributed by atoms with van der Waals surface area (Å²) >= 11 is 1.24. The average Bonchev–Trinajstić information content (AvgIpc) is 3.46. The summed E-state index contributed by atoms with van der Waals surface area (Å²) in [7, 11) is 0. The van der Waals surface area contributed by atoms with Crippen LogP contribution in [0.3, 0.4) is 0 Å². The van der Waals surface area contributed by atoms with Crippen LogP contribution >= 0.6 is 11.3 Å². The van der Waals surface area contributed by atoms with Crippen LogP contribution in [-0.2, 0) is 4.79 Å². The molecule has 1 saturated carbocycles. The van der Waals surface area contributed by atoms with E-state index in [1.54, 1.807) is 17.2 Å². The predicted octanol–water partition coefficient (Wildman–Crippen LogP) is 4.96. The highest BCUT2D eigenvalue weighted by molar-refractivity contribution is 7.21. The van der Waals surface area contributed by atoms with Gasteiger partial charge in [-0.15, -0.1) is 11.3 Å². The summed E-state index contributed by atoms with van der Waals surface area (Å²) in [6, 6.07) is 10.5. The van der Waals surface area contributed by atoms with Crippen LogP contribution < -0.4 is 20.9 Å². The number of amides is 4. The number of aromatic nitrogens is 1. The Morgan fingerprint density at radius 3 is 2.56 bits per heavy atom. The quantitative estimate of drug-likeness (QED) is 0.452. The van der Waals surface area contributed by atoms with E-state index in [0.717, 1.165) is 30.3 Å². The second-order valence-electron chi connectivity index (χ2n) is 7.75. The highest BCUT2D eigenvalue weighted by Gasteiger charge is 2.35. The molecule has 1 fully saturated rings. The lowest BCUT2D eigenvalue weighted by molar-refractivity contribution is -0.117. The van der Waals surface area contributed by atoms with Gasteiger partial charge in [-0.25, -0.2) is 9.78 Å². The second kappa shape index (κ2) is 10.0. The average molecular weight is 478 g/mol. The Kier molecular flexibility index (Phi) is 6.93. The van der Waals surface area contributed by atoms with Crippen LogP contribution in [0.4, 0.5) is 21.9 Å². The summed E-state index contributed by atoms with van der Waals surface area (Å²) in [5.74, 6) is -0.539. The van der Waals surface area contributed by atoms with E-state index < -0.39 is 0 Å². The van der Waals surface area contributed by atoms with Crippen molar-refractivity contribution in [1.29, 1.82) is 0 Å². The number of anilines is 3. The van der Waals surface area contributed by atoms with Crippen LogP contribution in [0.5, 0.6) is 0 Å². The Hall–Kier alpha value is -3.72. The van der Waals surface area contributed by atoms with Gasteiger partial charge in [-0.1, -0.05) is 38.6 Å². The van der Waals surface area contributed by atoms with Crippen molar-refractivity contribution in [3.8, 4) is 0 Å². The molecule has 0 saturated heterocycles. The number of pyridine rings is 1. The highest BCUT2D eigenvalue weighted by Crippen LogP contribution is 2.45. The summed E-state index contributed by atoms with van der Waals surface area (Å²) < 4.78 is 0. The predicted molar refractivity (Wildman–Crippen MR) is 136 cm³/mol. The van der Waals surface area contributed by atoms with Crippen molar-refractivity contribution in [2.75, 3.05) is 10.2 Å². The van der Waals surface area contributed by atoms with Crippen LogP contribution in [0.15, 0.2) is 55.3 Å². The fourth-order valence-corrected chi connectivity index (χ4v) is 5.38. The molecular formula is C25H27N5O3S. The van der Waals surface area contributed by atoms with Gasteiger partial charge in [0, 0.05) is 18.3 Å². The number of para-hydroxylation sites is 1. The molecule has 4 amide bonds. The Morgan fingerprint density at radius 2 is 1.85 bits per heavy atom. The van der Waals surface area contributed by atoms with Crippen molar-refractivity contribution in [1.82, 2.24) is 15.6 Å². The van der Waals surface area contributed by atoms with Crippen molar-refractivity contribution in [3.05, 3.63) is 60.1 Å². The van der Waals surface area contributed by atoms with E-state index in [9.17, 15) is 14.4 Å². The molecule has 2 aliphatic rings. The smallest absolute Gasteiger partial charge is 0.331 e. The number of urea groups is 1. The standard InChI is InChI=1S/C23H21N5O3S.C2H6/c1-2-17(29)25-14-9-6-10-15(14)26-21(30)20-19-18-16(11-12-24-22(18)32-20)28(23(31)27-19)13-7-4-3-5-8-13;1-2/h2-5,7-8,11-12,14-15H,1,6,9-10H2,(H,25,29)(H,26,30)(H,27,31);1-2H3. The van der Waals surface area contributed by atoms with Crippen LogP contribution in [-0.4, -0.2) is 34.9 Å². The van der Waals surface area contributed by atoms with E-state index in [4.69, 9.17) is 0 Å². The van der Waals surface area contributed by atoms with Crippen LogP contribution in [0.2, 0.25) is 0 Å². The lowest BCUT2D eigenvalue weighted by Crippen LogP contribution is -2.48. The van der Waals surface area contributed by atoms with Gasteiger partial charge < -0.3 is 16.0 Å². The first-order valence-electron chi connectivity index (χ1n) is 11.4. The van der Waals surface area contributed by atoms with Gasteiger partial charge >= 0.3 is 6.03 Å². The Balaban J connectivity index is 0.00000133. The van der Waals surface area contributed by atoms with Crippen LogP contribution in [0.25, 0.3) is 10.2 Å². The number of benzene rings is 1. The summed E-state index contributed by atoms with van der Waals surface area (Å²) in [4.78, 5) is 45.1. The van der Waals surface area contributed by atoms with E-state index in [0.29, 0.717) is 21.1 Å². The van der Waals surface area contributed by atoms with Gasteiger partial charge in [-0.2, -0.15) is 0 Å². The summed E-state index contributed by atoms with van der Waals surface area (Å²) in [5, 5.41) is 9.56. The molecule has 3 aromatic rings. The molecule has 0 spiro atoms. The molecule has 1 aliphatic heterocycles. The van der Waals surface area contributed by atoms with E-state index in [-0.39, 0.29) is 29.9 Å². The Morgan fingerprint density at radius 1 is 1.15 bits per heavy atom. The largest absolute Gasteiger partial charge is 0.348 e. The molecule has 176 valence electrons. The minimum absolute atomic E-state index is 0.146. The van der Waals surface area contributed by atoms with Gasteiger partial charge in [0.2, 0.25) is 5.91 Å². The number of carbonyl (C=O) groups excluding carboxylic acids is 3. The van der Waals surface area contributed by atoms with Crippen molar-refractivity contribution < 1.29 is 14.4 Å². The normalized spacial score (nSPS) is 18.5. The molecule has 8 nitrogen and oxygen atoms in total. The summed E-state index contributed by atoms with van der Waals surface area (Å²) in [5.41, 5.74) is 1.90. The first-order valence-corrected chi connectivity index (χ1v) is 12.2. The van der Waals surface area contributed by atoms with E-state index >= 15 is 0 Å². The van der Waals surface area contributed by atoms with Gasteiger partial charge in [0.25, 0.3) is 5.91 Å². The number of thiophene rings is 1. The van der Waals surface area contributed by atoms with Crippen molar-refractivity contribution in [2.24, 2.45) is 0 Å². The number of nitrogens with one attached hydrogen (secondary N) is 3.